The second kappa shape index (κ2) is 5.65. The Morgan fingerprint density at radius 2 is 2.37 bits per heavy atom. The summed E-state index contributed by atoms with van der Waals surface area (Å²) in [4.78, 5) is 22.6. The third kappa shape index (κ3) is 2.81. The van der Waals surface area contributed by atoms with E-state index in [1.807, 2.05) is 6.92 Å². The van der Waals surface area contributed by atoms with Crippen molar-refractivity contribution in [2.45, 2.75) is 30.1 Å². The monoisotopic (exact) mass is 281 g/mol. The van der Waals surface area contributed by atoms with Crippen LogP contribution in [0.1, 0.15) is 23.7 Å². The van der Waals surface area contributed by atoms with Gasteiger partial charge in [-0.2, -0.15) is 5.10 Å². The summed E-state index contributed by atoms with van der Waals surface area (Å²) in [6, 6.07) is 1.35. The van der Waals surface area contributed by atoms with Crippen molar-refractivity contribution in [1.82, 2.24) is 25.0 Å². The molecule has 0 unspecified atom stereocenters. The Balaban J connectivity index is 2.37. The number of carboxylic acid groups (broad SMARTS) is 1. The lowest BCUT2D eigenvalue weighted by atomic mass is 10.3. The first kappa shape index (κ1) is 13.3. The van der Waals surface area contributed by atoms with Crippen molar-refractivity contribution in [2.75, 3.05) is 0 Å². The van der Waals surface area contributed by atoms with Crippen LogP contribution in [0.15, 0.2) is 27.2 Å². The van der Waals surface area contributed by atoms with Gasteiger partial charge in [-0.25, -0.2) is 14.7 Å². The maximum absolute atomic E-state index is 11.5. The molecule has 19 heavy (non-hydrogen) atoms. The summed E-state index contributed by atoms with van der Waals surface area (Å²) >= 11 is 0.996. The Morgan fingerprint density at radius 1 is 1.58 bits per heavy atom. The molecule has 0 saturated carbocycles. The maximum Gasteiger partial charge on any atom is 0.343 e. The molecule has 9 heteroatoms. The molecule has 2 heterocycles. The SMILES string of the molecule is CCCn1c(Sc2nnccc2C(=O)O)n[nH]c1=O. The number of carbonyl (C=O) groups is 1. The highest BCUT2D eigenvalue weighted by molar-refractivity contribution is 7.99. The molecule has 2 aromatic rings. The number of nitrogens with one attached hydrogen (secondary N) is 1. The van der Waals surface area contributed by atoms with E-state index in [4.69, 9.17) is 5.11 Å². The van der Waals surface area contributed by atoms with Crippen LogP contribution in [-0.2, 0) is 6.54 Å². The van der Waals surface area contributed by atoms with Crippen molar-refractivity contribution < 1.29 is 9.90 Å². The molecular weight excluding hydrogens is 270 g/mol. The van der Waals surface area contributed by atoms with Crippen LogP contribution in [0.2, 0.25) is 0 Å². The minimum absolute atomic E-state index is 0.0264. The molecule has 0 radical (unpaired) electrons. The zero-order valence-electron chi connectivity index (χ0n) is 10.0. The van der Waals surface area contributed by atoms with Crippen molar-refractivity contribution in [2.24, 2.45) is 0 Å². The first-order valence-electron chi connectivity index (χ1n) is 5.51. The number of rotatable bonds is 5. The average molecular weight is 281 g/mol. The highest BCUT2D eigenvalue weighted by atomic mass is 32.2. The predicted molar refractivity (Wildman–Crippen MR) is 66.3 cm³/mol. The predicted octanol–water partition coefficient (Wildman–Crippen LogP) is 0.621. The lowest BCUT2D eigenvalue weighted by Crippen LogP contribution is -2.17. The number of nitrogens with zero attached hydrogens (tertiary/aromatic N) is 4. The van der Waals surface area contributed by atoms with Crippen molar-refractivity contribution in [3.05, 3.63) is 28.3 Å². The highest BCUT2D eigenvalue weighted by Gasteiger charge is 2.16. The van der Waals surface area contributed by atoms with Crippen LogP contribution in [0.4, 0.5) is 0 Å². The largest absolute Gasteiger partial charge is 0.478 e. The van der Waals surface area contributed by atoms with E-state index in [-0.39, 0.29) is 16.3 Å². The Kier molecular flexibility index (Phi) is 3.95. The molecule has 0 aliphatic rings. The van der Waals surface area contributed by atoms with E-state index in [1.165, 1.54) is 16.8 Å². The average Bonchev–Trinajstić information content (AvgIpc) is 2.72. The highest BCUT2D eigenvalue weighted by Crippen LogP contribution is 2.25. The minimum Gasteiger partial charge on any atom is -0.478 e. The van der Waals surface area contributed by atoms with Crippen molar-refractivity contribution in [3.63, 3.8) is 0 Å². The number of H-pyrrole nitrogens is 1. The molecule has 0 aromatic carbocycles. The van der Waals surface area contributed by atoms with Crippen LogP contribution in [0.25, 0.3) is 0 Å². The molecule has 8 nitrogen and oxygen atoms in total. The molecule has 0 spiro atoms. The van der Waals surface area contributed by atoms with Gasteiger partial charge in [0.25, 0.3) is 0 Å². The number of aromatic carboxylic acids is 1. The fourth-order valence-electron chi connectivity index (χ4n) is 1.45. The third-order valence-electron chi connectivity index (χ3n) is 2.28. The van der Waals surface area contributed by atoms with Gasteiger partial charge in [-0.05, 0) is 24.2 Å². The number of carboxylic acids is 1. The number of aromatic nitrogens is 5. The first-order chi connectivity index (χ1) is 9.13. The Bertz CT molecular complexity index is 651. The minimum atomic E-state index is -1.10. The molecule has 2 N–H and O–H groups in total. The molecule has 0 saturated heterocycles. The summed E-state index contributed by atoms with van der Waals surface area (Å²) in [7, 11) is 0. The smallest absolute Gasteiger partial charge is 0.343 e. The van der Waals surface area contributed by atoms with E-state index in [9.17, 15) is 9.59 Å². The topological polar surface area (TPSA) is 114 Å². The third-order valence-corrected chi connectivity index (χ3v) is 3.26. The number of aromatic amines is 1. The van der Waals surface area contributed by atoms with E-state index in [2.05, 4.69) is 20.4 Å². The van der Waals surface area contributed by atoms with E-state index in [0.29, 0.717) is 11.7 Å². The van der Waals surface area contributed by atoms with Gasteiger partial charge in [0.05, 0.1) is 11.8 Å². The summed E-state index contributed by atoms with van der Waals surface area (Å²) in [6.07, 6.45) is 2.07. The molecule has 0 bridgehead atoms. The zero-order chi connectivity index (χ0) is 13.8. The summed E-state index contributed by atoms with van der Waals surface area (Å²) < 4.78 is 1.44. The fourth-order valence-corrected chi connectivity index (χ4v) is 2.35. The molecule has 0 aliphatic heterocycles. The van der Waals surface area contributed by atoms with Crippen molar-refractivity contribution in [3.8, 4) is 0 Å². The molecule has 0 amide bonds. The lowest BCUT2D eigenvalue weighted by Gasteiger charge is -2.04. The van der Waals surface area contributed by atoms with Crippen molar-refractivity contribution >= 4 is 17.7 Å². The van der Waals surface area contributed by atoms with Gasteiger partial charge in [-0.3, -0.25) is 4.57 Å². The molecule has 2 rings (SSSR count). The van der Waals surface area contributed by atoms with Gasteiger partial charge in [0.15, 0.2) is 5.16 Å². The molecule has 100 valence electrons. The molecule has 0 aliphatic carbocycles. The second-order valence-electron chi connectivity index (χ2n) is 3.62. The Hall–Kier alpha value is -2.16. The zero-order valence-corrected chi connectivity index (χ0v) is 10.8. The van der Waals surface area contributed by atoms with Gasteiger partial charge in [0.1, 0.15) is 5.03 Å². The molecular formula is C10H11N5O3S. The number of hydrogen-bond donors (Lipinski definition) is 2. The molecule has 0 fully saturated rings. The van der Waals surface area contributed by atoms with E-state index >= 15 is 0 Å². The van der Waals surface area contributed by atoms with Crippen LogP contribution in [0.3, 0.4) is 0 Å². The second-order valence-corrected chi connectivity index (χ2v) is 4.58. The van der Waals surface area contributed by atoms with Crippen LogP contribution in [-0.4, -0.2) is 36.0 Å². The summed E-state index contributed by atoms with van der Waals surface area (Å²) in [6.45, 7) is 2.43. The summed E-state index contributed by atoms with van der Waals surface area (Å²) in [5.41, 5.74) is -0.302. The molecule has 0 atom stereocenters. The standard InChI is InChI=1S/C10H11N5O3S/c1-2-5-15-9(18)13-14-10(15)19-7-6(8(16)17)3-4-11-12-7/h3-4H,2,5H2,1H3,(H,13,18)(H,16,17). The van der Waals surface area contributed by atoms with Crippen LogP contribution in [0.5, 0.6) is 0 Å². The Morgan fingerprint density at radius 3 is 3.05 bits per heavy atom. The van der Waals surface area contributed by atoms with Crippen molar-refractivity contribution in [1.29, 1.82) is 0 Å². The van der Waals surface area contributed by atoms with E-state index in [0.717, 1.165) is 18.2 Å². The lowest BCUT2D eigenvalue weighted by molar-refractivity contribution is 0.0692. The van der Waals surface area contributed by atoms with Gasteiger partial charge in [-0.1, -0.05) is 6.92 Å². The van der Waals surface area contributed by atoms with Gasteiger partial charge in [0.2, 0.25) is 0 Å². The van der Waals surface area contributed by atoms with E-state index < -0.39 is 5.97 Å². The quantitative estimate of drug-likeness (QED) is 0.825. The summed E-state index contributed by atoms with van der Waals surface area (Å²) in [5.74, 6) is -1.10. The van der Waals surface area contributed by atoms with Gasteiger partial charge in [-0.15, -0.1) is 10.2 Å². The first-order valence-corrected chi connectivity index (χ1v) is 6.33. The fraction of sp³-hybridized carbons (Fsp3) is 0.300. The van der Waals surface area contributed by atoms with Crippen LogP contribution in [0, 0.1) is 0 Å². The van der Waals surface area contributed by atoms with Gasteiger partial charge < -0.3 is 5.11 Å². The number of hydrogen-bond acceptors (Lipinski definition) is 6. The van der Waals surface area contributed by atoms with Crippen LogP contribution >= 0.6 is 11.8 Å². The van der Waals surface area contributed by atoms with E-state index in [1.54, 1.807) is 0 Å². The molecule has 2 aromatic heterocycles. The Labute approximate surface area is 111 Å². The summed E-state index contributed by atoms with van der Waals surface area (Å²) in [5, 5.41) is 23.2. The maximum atomic E-state index is 11.5. The van der Waals surface area contributed by atoms with Crippen LogP contribution < -0.4 is 5.69 Å². The normalized spacial score (nSPS) is 10.6. The van der Waals surface area contributed by atoms with Gasteiger partial charge in [0, 0.05) is 6.54 Å². The van der Waals surface area contributed by atoms with Gasteiger partial charge >= 0.3 is 11.7 Å².